The van der Waals surface area contributed by atoms with Crippen LogP contribution < -0.4 is 0 Å². The molecule has 0 bridgehead atoms. The van der Waals surface area contributed by atoms with E-state index in [2.05, 4.69) is 12.2 Å². The van der Waals surface area contributed by atoms with Gasteiger partial charge in [0.05, 0.1) is 12.5 Å². The van der Waals surface area contributed by atoms with E-state index in [0.29, 0.717) is 25.9 Å². The standard InChI is InChI=1S/C20H25NO3/c1-24-19(23)20(17-10-6-3-7-11-17)12-14-21(15-13-20)18(22)16-8-4-2-5-9-16/h2-4,6-7,10-11,16H,5,8-9,12-15H2,1H3/t16-/m0/s1. The van der Waals surface area contributed by atoms with Gasteiger partial charge in [0.15, 0.2) is 0 Å². The van der Waals surface area contributed by atoms with E-state index in [4.69, 9.17) is 4.74 Å². The Morgan fingerprint density at radius 3 is 2.42 bits per heavy atom. The zero-order valence-corrected chi connectivity index (χ0v) is 14.2. The van der Waals surface area contributed by atoms with Crippen molar-refractivity contribution in [3.8, 4) is 0 Å². The number of benzene rings is 1. The summed E-state index contributed by atoms with van der Waals surface area (Å²) in [5.41, 5.74) is 0.365. The average Bonchev–Trinajstić information content (AvgIpc) is 2.68. The third kappa shape index (κ3) is 3.10. The monoisotopic (exact) mass is 327 g/mol. The average molecular weight is 327 g/mol. The molecule has 1 aliphatic heterocycles. The summed E-state index contributed by atoms with van der Waals surface area (Å²) in [5, 5.41) is 0. The molecule has 1 aromatic carbocycles. The van der Waals surface area contributed by atoms with Gasteiger partial charge in [-0.1, -0.05) is 42.5 Å². The van der Waals surface area contributed by atoms with Crippen LogP contribution in [0.3, 0.4) is 0 Å². The van der Waals surface area contributed by atoms with Crippen molar-refractivity contribution < 1.29 is 14.3 Å². The van der Waals surface area contributed by atoms with Gasteiger partial charge in [-0.25, -0.2) is 0 Å². The Bertz CT molecular complexity index is 615. The number of carbonyl (C=O) groups is 2. The van der Waals surface area contributed by atoms with Gasteiger partial charge >= 0.3 is 5.97 Å². The van der Waals surface area contributed by atoms with Crippen LogP contribution in [0.2, 0.25) is 0 Å². The molecule has 1 saturated heterocycles. The Morgan fingerprint density at radius 2 is 1.83 bits per heavy atom. The molecule has 1 aromatic rings. The highest BCUT2D eigenvalue weighted by Crippen LogP contribution is 2.37. The first-order valence-corrected chi connectivity index (χ1v) is 8.75. The minimum absolute atomic E-state index is 0.109. The van der Waals surface area contributed by atoms with E-state index in [0.717, 1.165) is 24.8 Å². The Kier molecular flexibility index (Phi) is 5.03. The molecular weight excluding hydrogens is 302 g/mol. The van der Waals surface area contributed by atoms with Gasteiger partial charge in [-0.2, -0.15) is 0 Å². The summed E-state index contributed by atoms with van der Waals surface area (Å²) in [4.78, 5) is 27.2. The molecule has 0 spiro atoms. The van der Waals surface area contributed by atoms with Gasteiger partial charge in [-0.05, 0) is 37.7 Å². The zero-order valence-electron chi connectivity index (χ0n) is 14.2. The van der Waals surface area contributed by atoms with Crippen molar-refractivity contribution in [2.75, 3.05) is 20.2 Å². The summed E-state index contributed by atoms with van der Waals surface area (Å²) >= 11 is 0. The SMILES string of the molecule is COC(=O)C1(c2ccccc2)CCN(C(=O)[C@H]2CC=CCC2)CC1. The normalized spacial score (nSPS) is 22.9. The molecule has 4 nitrogen and oxygen atoms in total. The van der Waals surface area contributed by atoms with Gasteiger partial charge in [0.1, 0.15) is 0 Å². The van der Waals surface area contributed by atoms with Gasteiger partial charge in [0.25, 0.3) is 0 Å². The van der Waals surface area contributed by atoms with Crippen molar-refractivity contribution in [2.24, 2.45) is 5.92 Å². The Labute approximate surface area is 143 Å². The fourth-order valence-corrected chi connectivity index (χ4v) is 3.95. The van der Waals surface area contributed by atoms with Gasteiger partial charge < -0.3 is 9.64 Å². The van der Waals surface area contributed by atoms with Crippen LogP contribution in [0.4, 0.5) is 0 Å². The summed E-state index contributed by atoms with van der Waals surface area (Å²) in [6.07, 6.45) is 8.27. The van der Waals surface area contributed by atoms with Crippen molar-refractivity contribution in [1.82, 2.24) is 4.90 Å². The zero-order chi connectivity index (χ0) is 17.0. The number of rotatable bonds is 3. The highest BCUT2D eigenvalue weighted by molar-refractivity contribution is 5.84. The number of piperidine rings is 1. The second-order valence-corrected chi connectivity index (χ2v) is 6.75. The lowest BCUT2D eigenvalue weighted by atomic mass is 9.72. The number of likely N-dealkylation sites (tertiary alicyclic amines) is 1. The topological polar surface area (TPSA) is 46.6 Å². The first-order valence-electron chi connectivity index (χ1n) is 8.75. The number of methoxy groups -OCH3 is 1. The molecule has 0 radical (unpaired) electrons. The molecule has 0 unspecified atom stereocenters. The quantitative estimate of drug-likeness (QED) is 0.633. The van der Waals surface area contributed by atoms with E-state index in [1.807, 2.05) is 35.2 Å². The van der Waals surface area contributed by atoms with Crippen molar-refractivity contribution in [1.29, 1.82) is 0 Å². The number of ether oxygens (including phenoxy) is 1. The van der Waals surface area contributed by atoms with E-state index < -0.39 is 5.41 Å². The number of amides is 1. The largest absolute Gasteiger partial charge is 0.468 e. The summed E-state index contributed by atoms with van der Waals surface area (Å²) in [7, 11) is 1.44. The molecule has 0 aromatic heterocycles. The highest BCUT2D eigenvalue weighted by atomic mass is 16.5. The fourth-order valence-electron chi connectivity index (χ4n) is 3.95. The first-order chi connectivity index (χ1) is 11.7. The first kappa shape index (κ1) is 16.7. The molecule has 128 valence electrons. The second-order valence-electron chi connectivity index (χ2n) is 6.75. The molecule has 1 fully saturated rings. The summed E-state index contributed by atoms with van der Waals surface area (Å²) in [6, 6.07) is 9.82. The lowest BCUT2D eigenvalue weighted by Gasteiger charge is -2.41. The van der Waals surface area contributed by atoms with Crippen LogP contribution in [0.1, 0.15) is 37.7 Å². The van der Waals surface area contributed by atoms with Crippen LogP contribution in [0.5, 0.6) is 0 Å². The summed E-state index contributed by atoms with van der Waals surface area (Å²) in [6.45, 7) is 1.23. The van der Waals surface area contributed by atoms with Crippen LogP contribution in [-0.2, 0) is 19.7 Å². The highest BCUT2D eigenvalue weighted by Gasteiger charge is 2.45. The van der Waals surface area contributed by atoms with E-state index in [1.54, 1.807) is 0 Å². The predicted octanol–water partition coefficient (Wildman–Crippen LogP) is 3.08. The van der Waals surface area contributed by atoms with Crippen molar-refractivity contribution in [3.63, 3.8) is 0 Å². The molecule has 1 aliphatic carbocycles. The number of hydrogen-bond donors (Lipinski definition) is 0. The van der Waals surface area contributed by atoms with Crippen molar-refractivity contribution in [2.45, 2.75) is 37.5 Å². The lowest BCUT2D eigenvalue weighted by molar-refractivity contribution is -0.152. The van der Waals surface area contributed by atoms with Crippen LogP contribution in [0, 0.1) is 5.92 Å². The third-order valence-corrected chi connectivity index (χ3v) is 5.45. The molecular formula is C20H25NO3. The Morgan fingerprint density at radius 1 is 1.12 bits per heavy atom. The van der Waals surface area contributed by atoms with Crippen LogP contribution in [0.15, 0.2) is 42.5 Å². The van der Waals surface area contributed by atoms with Crippen LogP contribution in [-0.4, -0.2) is 37.0 Å². The number of carbonyl (C=O) groups excluding carboxylic acids is 2. The lowest BCUT2D eigenvalue weighted by Crippen LogP contribution is -2.50. The minimum Gasteiger partial charge on any atom is -0.468 e. The van der Waals surface area contributed by atoms with Crippen LogP contribution in [0.25, 0.3) is 0 Å². The summed E-state index contributed by atoms with van der Waals surface area (Å²) in [5.74, 6) is 0.157. The molecule has 3 rings (SSSR count). The molecule has 0 saturated carbocycles. The predicted molar refractivity (Wildman–Crippen MR) is 92.4 cm³/mol. The number of esters is 1. The number of nitrogens with zero attached hydrogens (tertiary/aromatic N) is 1. The van der Waals surface area contributed by atoms with E-state index in [1.165, 1.54) is 7.11 Å². The third-order valence-electron chi connectivity index (χ3n) is 5.45. The molecule has 1 amide bonds. The second kappa shape index (κ2) is 7.20. The molecule has 2 aliphatic rings. The van der Waals surface area contributed by atoms with Gasteiger partial charge in [0.2, 0.25) is 5.91 Å². The number of hydrogen-bond acceptors (Lipinski definition) is 3. The van der Waals surface area contributed by atoms with E-state index >= 15 is 0 Å². The van der Waals surface area contributed by atoms with E-state index in [9.17, 15) is 9.59 Å². The smallest absolute Gasteiger partial charge is 0.316 e. The molecule has 0 N–H and O–H groups in total. The Hall–Kier alpha value is -2.10. The molecule has 24 heavy (non-hydrogen) atoms. The minimum atomic E-state index is -0.626. The molecule has 4 heteroatoms. The molecule has 1 atom stereocenters. The maximum atomic E-state index is 12.7. The molecule has 1 heterocycles. The van der Waals surface area contributed by atoms with Crippen molar-refractivity contribution >= 4 is 11.9 Å². The van der Waals surface area contributed by atoms with Crippen LogP contribution >= 0.6 is 0 Å². The maximum Gasteiger partial charge on any atom is 0.316 e. The maximum absolute atomic E-state index is 12.7. The van der Waals surface area contributed by atoms with Gasteiger partial charge in [-0.15, -0.1) is 0 Å². The van der Waals surface area contributed by atoms with E-state index in [-0.39, 0.29) is 17.8 Å². The fraction of sp³-hybridized carbons (Fsp3) is 0.500. The van der Waals surface area contributed by atoms with Gasteiger partial charge in [0, 0.05) is 19.0 Å². The van der Waals surface area contributed by atoms with Gasteiger partial charge in [-0.3, -0.25) is 9.59 Å². The number of allylic oxidation sites excluding steroid dienone is 2. The summed E-state index contributed by atoms with van der Waals surface area (Å²) < 4.78 is 5.11. The Balaban J connectivity index is 1.74. The van der Waals surface area contributed by atoms with Crippen molar-refractivity contribution in [3.05, 3.63) is 48.0 Å².